The average Bonchev–Trinajstić information content (AvgIpc) is 3.52. The van der Waals surface area contributed by atoms with E-state index in [0.29, 0.717) is 24.3 Å². The van der Waals surface area contributed by atoms with Crippen LogP contribution >= 0.6 is 12.2 Å². The molecule has 0 saturated carbocycles. The number of carbonyl (C=O) groups is 1. The molecule has 0 spiro atoms. The topological polar surface area (TPSA) is 59.0 Å². The van der Waals surface area contributed by atoms with Crippen LogP contribution in [0.3, 0.4) is 0 Å². The predicted molar refractivity (Wildman–Crippen MR) is 173 cm³/mol. The van der Waals surface area contributed by atoms with Crippen molar-refractivity contribution in [1.29, 1.82) is 0 Å². The van der Waals surface area contributed by atoms with Gasteiger partial charge in [-0.05, 0) is 54.4 Å². The Hall–Kier alpha value is -4.55. The van der Waals surface area contributed by atoms with Crippen molar-refractivity contribution < 1.29 is 4.79 Å². The van der Waals surface area contributed by atoms with Crippen LogP contribution in [0.4, 0.5) is 0 Å². The molecular weight excluding hydrogens is 536 g/mol. The minimum Gasteiger partial charge on any atom is -0.319 e. The summed E-state index contributed by atoms with van der Waals surface area (Å²) in [7, 11) is 0. The van der Waals surface area contributed by atoms with Gasteiger partial charge in [0.25, 0.3) is 0 Å². The fourth-order valence-corrected chi connectivity index (χ4v) is 5.62. The maximum Gasteiger partial charge on any atom is 0.238 e. The molecule has 4 aromatic carbocycles. The van der Waals surface area contributed by atoms with Crippen LogP contribution in [0.2, 0.25) is 0 Å². The first-order chi connectivity index (χ1) is 20.7. The van der Waals surface area contributed by atoms with Crippen molar-refractivity contribution in [3.8, 4) is 0 Å². The second kappa shape index (κ2) is 14.4. The largest absolute Gasteiger partial charge is 0.319 e. The van der Waals surface area contributed by atoms with Crippen LogP contribution in [-0.2, 0) is 23.2 Å². The van der Waals surface area contributed by atoms with E-state index in [1.165, 1.54) is 16.7 Å². The number of nitrogens with one attached hydrogen (secondary N) is 2. The highest BCUT2D eigenvalue weighted by molar-refractivity contribution is 7.80. The van der Waals surface area contributed by atoms with E-state index in [1.54, 1.807) is 0 Å². The molecule has 1 amide bonds. The molecule has 1 heterocycles. The quantitative estimate of drug-likeness (QED) is 0.0730. The Morgan fingerprint density at radius 2 is 1.19 bits per heavy atom. The summed E-state index contributed by atoms with van der Waals surface area (Å²) >= 11 is 5.45. The summed E-state index contributed by atoms with van der Waals surface area (Å²) in [6.07, 6.45) is 8.64. The lowest BCUT2D eigenvalue weighted by atomic mass is 9.77. The van der Waals surface area contributed by atoms with Crippen molar-refractivity contribution in [3.05, 3.63) is 162 Å². The van der Waals surface area contributed by atoms with E-state index in [4.69, 9.17) is 17.2 Å². The number of hydrogen-bond acceptors (Lipinski definition) is 3. The number of unbranched alkanes of at least 4 members (excludes halogenated alkanes) is 1. The van der Waals surface area contributed by atoms with Gasteiger partial charge in [0.05, 0.1) is 17.0 Å². The summed E-state index contributed by atoms with van der Waals surface area (Å²) in [5.74, 6) is -0.0644. The molecule has 0 aliphatic heterocycles. The molecule has 0 fully saturated rings. The van der Waals surface area contributed by atoms with Crippen molar-refractivity contribution in [2.75, 3.05) is 0 Å². The number of thiocarbonyl (C=S) groups is 1. The third kappa shape index (κ3) is 7.01. The molecule has 42 heavy (non-hydrogen) atoms. The lowest BCUT2D eigenvalue weighted by molar-refractivity contribution is -0.121. The van der Waals surface area contributed by atoms with Gasteiger partial charge in [0.1, 0.15) is 5.54 Å². The standard InChI is InChI=1S/C36H36N4OS/c41-34(26-25-29-15-5-1-6-16-29)38-39-35(42)24-14-13-23-33-27-40(28-37-33)36(30-17-7-2-8-18-30,31-19-9-3-10-20-31)32-21-11-4-12-22-32/h1-12,15-22,27-28H,13-14,23-26H2,(H,38,41)(H,39,42). The second-order valence-corrected chi connectivity index (χ2v) is 10.9. The van der Waals surface area contributed by atoms with Gasteiger partial charge in [-0.25, -0.2) is 4.98 Å². The van der Waals surface area contributed by atoms with Crippen molar-refractivity contribution in [1.82, 2.24) is 20.4 Å². The van der Waals surface area contributed by atoms with E-state index in [-0.39, 0.29) is 5.91 Å². The molecular formula is C36H36N4OS. The zero-order valence-corrected chi connectivity index (χ0v) is 24.5. The van der Waals surface area contributed by atoms with Gasteiger partial charge in [-0.3, -0.25) is 15.6 Å². The predicted octanol–water partition coefficient (Wildman–Crippen LogP) is 7.02. The molecule has 5 nitrogen and oxygen atoms in total. The van der Waals surface area contributed by atoms with Gasteiger partial charge in [-0.15, -0.1) is 0 Å². The lowest BCUT2D eigenvalue weighted by Gasteiger charge is -2.37. The minimum atomic E-state index is -0.556. The Bertz CT molecular complexity index is 1460. The fourth-order valence-electron chi connectivity index (χ4n) is 5.42. The third-order valence-electron chi connectivity index (χ3n) is 7.51. The minimum absolute atomic E-state index is 0.0644. The number of imidazole rings is 1. The number of aryl methyl sites for hydroxylation is 2. The van der Waals surface area contributed by atoms with Crippen LogP contribution in [-0.4, -0.2) is 20.4 Å². The third-order valence-corrected chi connectivity index (χ3v) is 7.82. The van der Waals surface area contributed by atoms with E-state index in [2.05, 4.69) is 113 Å². The van der Waals surface area contributed by atoms with E-state index in [1.807, 2.05) is 36.7 Å². The molecule has 0 bridgehead atoms. The molecule has 0 unspecified atom stereocenters. The van der Waals surface area contributed by atoms with Gasteiger partial charge in [0, 0.05) is 12.6 Å². The van der Waals surface area contributed by atoms with Crippen LogP contribution in [0.5, 0.6) is 0 Å². The maximum absolute atomic E-state index is 12.2. The van der Waals surface area contributed by atoms with Gasteiger partial charge in [0.2, 0.25) is 5.91 Å². The highest BCUT2D eigenvalue weighted by atomic mass is 32.1. The summed E-state index contributed by atoms with van der Waals surface area (Å²) in [6.45, 7) is 0. The number of hydrazine groups is 1. The molecule has 0 aliphatic rings. The average molecular weight is 573 g/mol. The molecule has 1 aromatic heterocycles. The number of carbonyl (C=O) groups excluding carboxylic acids is 1. The lowest BCUT2D eigenvalue weighted by Crippen LogP contribution is -2.40. The monoisotopic (exact) mass is 572 g/mol. The van der Waals surface area contributed by atoms with Crippen molar-refractivity contribution >= 4 is 23.1 Å². The van der Waals surface area contributed by atoms with Gasteiger partial charge in [-0.2, -0.15) is 0 Å². The molecule has 0 saturated heterocycles. The maximum atomic E-state index is 12.2. The molecule has 212 valence electrons. The molecule has 0 atom stereocenters. The van der Waals surface area contributed by atoms with E-state index in [9.17, 15) is 4.79 Å². The van der Waals surface area contributed by atoms with Crippen molar-refractivity contribution in [3.63, 3.8) is 0 Å². The van der Waals surface area contributed by atoms with Crippen molar-refractivity contribution in [2.24, 2.45) is 0 Å². The number of rotatable bonds is 12. The van der Waals surface area contributed by atoms with E-state index < -0.39 is 5.54 Å². The van der Waals surface area contributed by atoms with Gasteiger partial charge < -0.3 is 4.57 Å². The van der Waals surface area contributed by atoms with Gasteiger partial charge in [-0.1, -0.05) is 134 Å². The van der Waals surface area contributed by atoms with E-state index in [0.717, 1.165) is 30.5 Å². The number of amides is 1. The van der Waals surface area contributed by atoms with Crippen LogP contribution in [0, 0.1) is 0 Å². The normalized spacial score (nSPS) is 11.1. The van der Waals surface area contributed by atoms with Crippen molar-refractivity contribution in [2.45, 2.75) is 44.1 Å². The number of benzene rings is 4. The smallest absolute Gasteiger partial charge is 0.238 e. The zero-order chi connectivity index (χ0) is 29.0. The first kappa shape index (κ1) is 29.0. The summed E-state index contributed by atoms with van der Waals surface area (Å²) < 4.78 is 2.25. The molecule has 5 rings (SSSR count). The molecule has 6 heteroatoms. The number of hydrogen-bond donors (Lipinski definition) is 2. The van der Waals surface area contributed by atoms with Gasteiger partial charge >= 0.3 is 0 Å². The Balaban J connectivity index is 1.21. The Morgan fingerprint density at radius 1 is 0.667 bits per heavy atom. The summed E-state index contributed by atoms with van der Waals surface area (Å²) in [4.78, 5) is 17.7. The SMILES string of the molecule is O=C(CCc1ccccc1)NNC(=S)CCCCc1cn(C(c2ccccc2)(c2ccccc2)c2ccccc2)cn1. The zero-order valence-electron chi connectivity index (χ0n) is 23.7. The highest BCUT2D eigenvalue weighted by Gasteiger charge is 2.38. The fraction of sp³-hybridized carbons (Fsp3) is 0.194. The first-order valence-electron chi connectivity index (χ1n) is 14.5. The molecule has 2 N–H and O–H groups in total. The van der Waals surface area contributed by atoms with Crippen LogP contribution in [0.1, 0.15) is 53.6 Å². The second-order valence-electron chi connectivity index (χ2n) is 10.4. The highest BCUT2D eigenvalue weighted by Crippen LogP contribution is 2.40. The van der Waals surface area contributed by atoms with Crippen LogP contribution < -0.4 is 10.9 Å². The van der Waals surface area contributed by atoms with E-state index >= 15 is 0 Å². The molecule has 0 radical (unpaired) electrons. The summed E-state index contributed by atoms with van der Waals surface area (Å²) in [5, 5.41) is 0. The van der Waals surface area contributed by atoms with Crippen LogP contribution in [0.15, 0.2) is 134 Å². The Morgan fingerprint density at radius 3 is 1.74 bits per heavy atom. The van der Waals surface area contributed by atoms with Crippen LogP contribution in [0.25, 0.3) is 0 Å². The Labute approximate surface area is 253 Å². The Kier molecular flexibility index (Phi) is 9.91. The molecule has 5 aromatic rings. The first-order valence-corrected chi connectivity index (χ1v) is 14.9. The molecule has 0 aliphatic carbocycles. The summed E-state index contributed by atoms with van der Waals surface area (Å²) in [6, 6.07) is 41.9. The number of nitrogens with zero attached hydrogens (tertiary/aromatic N) is 2. The summed E-state index contributed by atoms with van der Waals surface area (Å²) in [5.41, 5.74) is 10.8. The van der Waals surface area contributed by atoms with Gasteiger partial charge in [0.15, 0.2) is 0 Å². The number of aromatic nitrogens is 2.